The number of ether oxygens (including phenoxy) is 1. The predicted molar refractivity (Wildman–Crippen MR) is 79.7 cm³/mol. The minimum absolute atomic E-state index is 0.131. The quantitative estimate of drug-likeness (QED) is 0.828. The van der Waals surface area contributed by atoms with E-state index in [1.165, 1.54) is 11.8 Å². The van der Waals surface area contributed by atoms with E-state index < -0.39 is 0 Å². The van der Waals surface area contributed by atoms with Crippen LogP contribution in [0.15, 0.2) is 36.9 Å². The predicted octanol–water partition coefficient (Wildman–Crippen LogP) is 1.90. The zero-order valence-corrected chi connectivity index (χ0v) is 12.3. The van der Waals surface area contributed by atoms with Gasteiger partial charge in [0.1, 0.15) is 0 Å². The molecular formula is C14H15ClN4O2. The van der Waals surface area contributed by atoms with Crippen LogP contribution in [-0.2, 0) is 6.54 Å². The Hall–Kier alpha value is -2.34. The SMILES string of the molecule is C=CCNC(=O)c1nnn(Cc2ccccc2Cl)c1OC. The second kappa shape index (κ2) is 6.90. The van der Waals surface area contributed by atoms with Crippen LogP contribution >= 0.6 is 11.6 Å². The van der Waals surface area contributed by atoms with Gasteiger partial charge < -0.3 is 10.1 Å². The largest absolute Gasteiger partial charge is 0.479 e. The van der Waals surface area contributed by atoms with Crippen molar-refractivity contribution in [3.8, 4) is 5.88 Å². The molecule has 0 aliphatic heterocycles. The van der Waals surface area contributed by atoms with Gasteiger partial charge in [0.2, 0.25) is 11.6 Å². The van der Waals surface area contributed by atoms with Gasteiger partial charge >= 0.3 is 0 Å². The molecule has 1 aromatic carbocycles. The maximum absolute atomic E-state index is 11.9. The number of hydrogen-bond donors (Lipinski definition) is 1. The molecule has 0 saturated carbocycles. The zero-order chi connectivity index (χ0) is 15.2. The van der Waals surface area contributed by atoms with Gasteiger partial charge in [-0.25, -0.2) is 4.68 Å². The molecule has 0 spiro atoms. The lowest BCUT2D eigenvalue weighted by Gasteiger charge is -2.07. The maximum atomic E-state index is 11.9. The molecule has 0 radical (unpaired) electrons. The summed E-state index contributed by atoms with van der Waals surface area (Å²) in [4.78, 5) is 11.9. The summed E-state index contributed by atoms with van der Waals surface area (Å²) in [7, 11) is 1.46. The van der Waals surface area contributed by atoms with Crippen molar-refractivity contribution in [1.29, 1.82) is 0 Å². The first-order valence-corrected chi connectivity index (χ1v) is 6.65. The first-order valence-electron chi connectivity index (χ1n) is 6.27. The molecule has 2 aromatic rings. The summed E-state index contributed by atoms with van der Waals surface area (Å²) in [6.45, 7) is 4.25. The number of rotatable bonds is 6. The number of carbonyl (C=O) groups is 1. The molecule has 0 fully saturated rings. The number of nitrogens with one attached hydrogen (secondary N) is 1. The van der Waals surface area contributed by atoms with Gasteiger partial charge in [-0.05, 0) is 11.6 Å². The molecule has 0 aliphatic carbocycles. The number of amides is 1. The fourth-order valence-corrected chi connectivity index (χ4v) is 1.98. The molecule has 1 heterocycles. The molecule has 21 heavy (non-hydrogen) atoms. The van der Waals surface area contributed by atoms with E-state index >= 15 is 0 Å². The standard InChI is InChI=1S/C14H15ClN4O2/c1-3-8-16-13(20)12-14(21-2)19(18-17-12)9-10-6-4-5-7-11(10)15/h3-7H,1,8-9H2,2H3,(H,16,20). The first kappa shape index (κ1) is 15.1. The third-order valence-corrected chi connectivity index (χ3v) is 3.15. The van der Waals surface area contributed by atoms with Gasteiger partial charge in [0.15, 0.2) is 0 Å². The van der Waals surface area contributed by atoms with Crippen LogP contribution in [0.4, 0.5) is 0 Å². The van der Waals surface area contributed by atoms with Crippen LogP contribution < -0.4 is 10.1 Å². The smallest absolute Gasteiger partial charge is 0.277 e. The van der Waals surface area contributed by atoms with Gasteiger partial charge in [-0.15, -0.1) is 11.7 Å². The lowest BCUT2D eigenvalue weighted by molar-refractivity contribution is 0.0949. The van der Waals surface area contributed by atoms with Crippen LogP contribution in [0, 0.1) is 0 Å². The Labute approximate surface area is 127 Å². The summed E-state index contributed by atoms with van der Waals surface area (Å²) in [6, 6.07) is 7.39. The van der Waals surface area contributed by atoms with Crippen molar-refractivity contribution in [3.05, 3.63) is 53.2 Å². The molecule has 2 rings (SSSR count). The summed E-state index contributed by atoms with van der Waals surface area (Å²) < 4.78 is 6.73. The Morgan fingerprint density at radius 1 is 1.52 bits per heavy atom. The van der Waals surface area contributed by atoms with E-state index in [-0.39, 0.29) is 17.5 Å². The Kier molecular flexibility index (Phi) is 4.94. The fraction of sp³-hybridized carbons (Fsp3) is 0.214. The Balaban J connectivity index is 2.25. The molecule has 0 bridgehead atoms. The molecule has 1 aromatic heterocycles. The van der Waals surface area contributed by atoms with Crippen LogP contribution in [0.1, 0.15) is 16.1 Å². The fourth-order valence-electron chi connectivity index (χ4n) is 1.79. The van der Waals surface area contributed by atoms with Crippen molar-refractivity contribution in [2.75, 3.05) is 13.7 Å². The van der Waals surface area contributed by atoms with Gasteiger partial charge in [0.05, 0.1) is 13.7 Å². The minimum Gasteiger partial charge on any atom is -0.479 e. The van der Waals surface area contributed by atoms with Crippen molar-refractivity contribution in [2.24, 2.45) is 0 Å². The Bertz CT molecular complexity index is 654. The molecule has 0 unspecified atom stereocenters. The lowest BCUT2D eigenvalue weighted by Crippen LogP contribution is -2.24. The van der Waals surface area contributed by atoms with E-state index in [1.807, 2.05) is 18.2 Å². The zero-order valence-electron chi connectivity index (χ0n) is 11.5. The molecule has 0 atom stereocenters. The molecule has 6 nitrogen and oxygen atoms in total. The van der Waals surface area contributed by atoms with E-state index in [0.29, 0.717) is 18.1 Å². The number of methoxy groups -OCH3 is 1. The minimum atomic E-state index is -0.364. The van der Waals surface area contributed by atoms with Crippen LogP contribution in [0.2, 0.25) is 5.02 Å². The average molecular weight is 307 g/mol. The lowest BCUT2D eigenvalue weighted by atomic mass is 10.2. The first-order chi connectivity index (χ1) is 10.2. The topological polar surface area (TPSA) is 69.0 Å². The van der Waals surface area contributed by atoms with Crippen molar-refractivity contribution in [3.63, 3.8) is 0 Å². The summed E-state index contributed by atoms with van der Waals surface area (Å²) in [5.74, 6) is -0.0753. The van der Waals surface area contributed by atoms with Crippen LogP contribution in [0.25, 0.3) is 0 Å². The number of halogens is 1. The molecule has 1 amide bonds. The van der Waals surface area contributed by atoms with E-state index in [1.54, 1.807) is 12.1 Å². The number of nitrogens with zero attached hydrogens (tertiary/aromatic N) is 3. The second-order valence-corrected chi connectivity index (χ2v) is 4.60. The van der Waals surface area contributed by atoms with Gasteiger partial charge in [-0.2, -0.15) is 0 Å². The Morgan fingerprint density at radius 2 is 2.29 bits per heavy atom. The van der Waals surface area contributed by atoms with E-state index in [9.17, 15) is 4.79 Å². The van der Waals surface area contributed by atoms with Crippen molar-refractivity contribution in [2.45, 2.75) is 6.54 Å². The van der Waals surface area contributed by atoms with Gasteiger partial charge in [-0.3, -0.25) is 4.79 Å². The maximum Gasteiger partial charge on any atom is 0.277 e. The monoisotopic (exact) mass is 306 g/mol. The third-order valence-electron chi connectivity index (χ3n) is 2.78. The van der Waals surface area contributed by atoms with E-state index in [2.05, 4.69) is 22.2 Å². The van der Waals surface area contributed by atoms with Crippen LogP contribution in [0.5, 0.6) is 5.88 Å². The molecular weight excluding hydrogens is 292 g/mol. The van der Waals surface area contributed by atoms with Gasteiger partial charge in [-0.1, -0.05) is 41.1 Å². The van der Waals surface area contributed by atoms with E-state index in [0.717, 1.165) is 5.56 Å². The summed E-state index contributed by atoms with van der Waals surface area (Å²) in [5.41, 5.74) is 0.992. The van der Waals surface area contributed by atoms with Crippen molar-refractivity contribution < 1.29 is 9.53 Å². The molecule has 0 saturated heterocycles. The molecule has 0 aliphatic rings. The highest BCUT2D eigenvalue weighted by atomic mass is 35.5. The van der Waals surface area contributed by atoms with Crippen LogP contribution in [-0.4, -0.2) is 34.6 Å². The Morgan fingerprint density at radius 3 is 2.95 bits per heavy atom. The van der Waals surface area contributed by atoms with Crippen LogP contribution in [0.3, 0.4) is 0 Å². The summed E-state index contributed by atoms with van der Waals surface area (Å²) >= 11 is 6.11. The summed E-state index contributed by atoms with van der Waals surface area (Å²) in [5, 5.41) is 11.1. The van der Waals surface area contributed by atoms with E-state index in [4.69, 9.17) is 16.3 Å². The highest BCUT2D eigenvalue weighted by Gasteiger charge is 2.20. The number of hydrogen-bond acceptors (Lipinski definition) is 4. The van der Waals surface area contributed by atoms with Crippen molar-refractivity contribution >= 4 is 17.5 Å². The third kappa shape index (κ3) is 3.41. The van der Waals surface area contributed by atoms with Gasteiger partial charge in [0, 0.05) is 11.6 Å². The average Bonchev–Trinajstić information content (AvgIpc) is 2.90. The highest BCUT2D eigenvalue weighted by Crippen LogP contribution is 2.20. The molecule has 110 valence electrons. The number of benzene rings is 1. The second-order valence-electron chi connectivity index (χ2n) is 4.20. The van der Waals surface area contributed by atoms with Gasteiger partial charge in [0.25, 0.3) is 5.91 Å². The highest BCUT2D eigenvalue weighted by molar-refractivity contribution is 6.31. The molecule has 1 N–H and O–H groups in total. The summed E-state index contributed by atoms with van der Waals surface area (Å²) in [6.07, 6.45) is 1.58. The number of carbonyl (C=O) groups excluding carboxylic acids is 1. The number of aromatic nitrogens is 3. The molecule has 7 heteroatoms. The normalized spacial score (nSPS) is 10.2. The van der Waals surface area contributed by atoms with Crippen molar-refractivity contribution in [1.82, 2.24) is 20.3 Å².